The molecule has 7 heteroatoms. The smallest absolute Gasteiger partial charge is 0.417 e. The second-order valence-electron chi connectivity index (χ2n) is 4.69. The quantitative estimate of drug-likeness (QED) is 0.794. The molecule has 0 fully saturated rings. The summed E-state index contributed by atoms with van der Waals surface area (Å²) in [5, 5.41) is 13.7. The topological polar surface area (TPSA) is 37.2 Å². The molecule has 0 radical (unpaired) electrons. The number of rotatable bonds is 1. The minimum Gasteiger partial charge on any atom is -0.494 e. The van der Waals surface area contributed by atoms with E-state index in [4.69, 9.17) is 0 Å². The Hall–Kier alpha value is -1.34. The van der Waals surface area contributed by atoms with Gasteiger partial charge in [0.05, 0.1) is 10.9 Å². The first kappa shape index (κ1) is 13.6. The van der Waals surface area contributed by atoms with E-state index in [1.54, 1.807) is 16.9 Å². The van der Waals surface area contributed by atoms with Gasteiger partial charge in [0.1, 0.15) is 0 Å². The lowest BCUT2D eigenvalue weighted by molar-refractivity contribution is -0.136. The fraction of sp³-hybridized carbons (Fsp3) is 0.385. The van der Waals surface area contributed by atoms with Gasteiger partial charge in [0.25, 0.3) is 0 Å². The van der Waals surface area contributed by atoms with Crippen LogP contribution < -0.4 is 5.32 Å². The number of benzene rings is 1. The average Bonchev–Trinajstić information content (AvgIpc) is 2.71. The first-order valence-corrected chi connectivity index (χ1v) is 7.36. The number of aromatic hydroxyl groups is 1. The fourth-order valence-electron chi connectivity index (χ4n) is 2.66. The lowest BCUT2D eigenvalue weighted by atomic mass is 10.1. The van der Waals surface area contributed by atoms with Crippen LogP contribution >= 0.6 is 11.8 Å². The maximum atomic E-state index is 13.2. The van der Waals surface area contributed by atoms with Crippen LogP contribution in [0, 0.1) is 0 Å². The Morgan fingerprint density at radius 3 is 2.75 bits per heavy atom. The number of hydrogen-bond donors (Lipinski definition) is 2. The Morgan fingerprint density at radius 2 is 2.10 bits per heavy atom. The molecule has 20 heavy (non-hydrogen) atoms. The zero-order valence-corrected chi connectivity index (χ0v) is 11.5. The third kappa shape index (κ3) is 1.96. The van der Waals surface area contributed by atoms with E-state index >= 15 is 0 Å². The molecule has 0 amide bonds. The molecule has 1 aliphatic heterocycles. The van der Waals surface area contributed by atoms with Crippen LogP contribution in [0.5, 0.6) is 5.88 Å². The maximum Gasteiger partial charge on any atom is 0.417 e. The van der Waals surface area contributed by atoms with E-state index in [1.807, 2.05) is 0 Å². The van der Waals surface area contributed by atoms with Crippen molar-refractivity contribution in [2.75, 3.05) is 12.8 Å². The van der Waals surface area contributed by atoms with Gasteiger partial charge in [-0.3, -0.25) is 0 Å². The highest BCUT2D eigenvalue weighted by Crippen LogP contribution is 2.44. The predicted molar refractivity (Wildman–Crippen MR) is 72.1 cm³/mol. The van der Waals surface area contributed by atoms with Crippen molar-refractivity contribution in [2.24, 2.45) is 0 Å². The van der Waals surface area contributed by atoms with E-state index < -0.39 is 11.7 Å². The van der Waals surface area contributed by atoms with Gasteiger partial charge < -0.3 is 15.0 Å². The first-order chi connectivity index (χ1) is 9.43. The number of thioether (sulfide) groups is 1. The number of halogens is 3. The summed E-state index contributed by atoms with van der Waals surface area (Å²) >= 11 is 1.26. The summed E-state index contributed by atoms with van der Waals surface area (Å²) in [5.41, 5.74) is -0.0519. The van der Waals surface area contributed by atoms with Crippen LogP contribution in [0.4, 0.5) is 13.2 Å². The summed E-state index contributed by atoms with van der Waals surface area (Å²) in [4.78, 5) is 0.545. The van der Waals surface area contributed by atoms with Crippen LogP contribution in [-0.2, 0) is 19.3 Å². The van der Waals surface area contributed by atoms with E-state index in [0.29, 0.717) is 35.6 Å². The number of nitrogens with one attached hydrogen (secondary N) is 1. The highest BCUT2D eigenvalue weighted by atomic mass is 32.2. The lowest BCUT2D eigenvalue weighted by Gasteiger charge is -2.17. The SMILES string of the molecule is CSc1cc(C(F)(F)F)c2c(O)n3c(c2c1)CNCC3. The molecule has 0 bridgehead atoms. The van der Waals surface area contributed by atoms with Gasteiger partial charge in [0, 0.05) is 35.6 Å². The van der Waals surface area contributed by atoms with Gasteiger partial charge in [-0.15, -0.1) is 11.8 Å². The minimum atomic E-state index is -4.48. The number of nitrogens with zero attached hydrogens (tertiary/aromatic N) is 1. The number of aromatic nitrogens is 1. The average molecular weight is 302 g/mol. The molecule has 2 aromatic rings. The number of alkyl halides is 3. The monoisotopic (exact) mass is 302 g/mol. The highest BCUT2D eigenvalue weighted by Gasteiger charge is 2.36. The lowest BCUT2D eigenvalue weighted by Crippen LogP contribution is -2.27. The first-order valence-electron chi connectivity index (χ1n) is 6.13. The largest absolute Gasteiger partial charge is 0.494 e. The van der Waals surface area contributed by atoms with Crippen molar-refractivity contribution in [1.29, 1.82) is 0 Å². The van der Waals surface area contributed by atoms with Gasteiger partial charge in [0.2, 0.25) is 0 Å². The summed E-state index contributed by atoms with van der Waals surface area (Å²) in [7, 11) is 0. The maximum absolute atomic E-state index is 13.2. The normalized spacial score (nSPS) is 15.6. The van der Waals surface area contributed by atoms with Gasteiger partial charge in [-0.25, -0.2) is 0 Å². The zero-order chi connectivity index (χ0) is 14.5. The van der Waals surface area contributed by atoms with Gasteiger partial charge in [0.15, 0.2) is 5.88 Å². The molecule has 3 nitrogen and oxygen atoms in total. The molecule has 1 aromatic heterocycles. The Morgan fingerprint density at radius 1 is 1.35 bits per heavy atom. The molecule has 0 atom stereocenters. The summed E-state index contributed by atoms with van der Waals surface area (Å²) < 4.78 is 41.3. The molecule has 108 valence electrons. The molecule has 1 aromatic carbocycles. The van der Waals surface area contributed by atoms with Crippen LogP contribution in [0.15, 0.2) is 17.0 Å². The molecule has 2 N–H and O–H groups in total. The van der Waals surface area contributed by atoms with E-state index in [1.165, 1.54) is 11.8 Å². The van der Waals surface area contributed by atoms with Crippen molar-refractivity contribution in [3.8, 4) is 5.88 Å². The van der Waals surface area contributed by atoms with E-state index in [-0.39, 0.29) is 11.3 Å². The van der Waals surface area contributed by atoms with Crippen molar-refractivity contribution in [2.45, 2.75) is 24.2 Å². The second-order valence-corrected chi connectivity index (χ2v) is 5.57. The van der Waals surface area contributed by atoms with Gasteiger partial charge >= 0.3 is 6.18 Å². The van der Waals surface area contributed by atoms with Crippen LogP contribution in [0.3, 0.4) is 0 Å². The standard InChI is InChI=1S/C13H13F3N2OS/c1-20-7-4-8-10-6-17-2-3-18(10)12(19)11(8)9(5-7)13(14,15)16/h4-5,17,19H,2-3,6H2,1H3. The summed E-state index contributed by atoms with van der Waals surface area (Å²) in [6.07, 6.45) is -2.74. The molecule has 2 heterocycles. The Bertz CT molecular complexity index is 679. The molecule has 0 saturated carbocycles. The van der Waals surface area contributed by atoms with Crippen LogP contribution in [0.2, 0.25) is 0 Å². The summed E-state index contributed by atoms with van der Waals surface area (Å²) in [5.74, 6) is -0.281. The van der Waals surface area contributed by atoms with Crippen molar-refractivity contribution in [1.82, 2.24) is 9.88 Å². The molecule has 0 aliphatic carbocycles. The third-order valence-corrected chi connectivity index (χ3v) is 4.28. The van der Waals surface area contributed by atoms with Crippen LogP contribution in [0.1, 0.15) is 11.3 Å². The van der Waals surface area contributed by atoms with Crippen molar-refractivity contribution >= 4 is 22.5 Å². The number of hydrogen-bond acceptors (Lipinski definition) is 3. The summed E-state index contributed by atoms with van der Waals surface area (Å²) in [6.45, 7) is 1.58. The second kappa shape index (κ2) is 4.60. The molecular formula is C13H13F3N2OS. The van der Waals surface area contributed by atoms with Crippen LogP contribution in [0.25, 0.3) is 10.8 Å². The predicted octanol–water partition coefficient (Wildman–Crippen LogP) is 3.19. The van der Waals surface area contributed by atoms with E-state index in [9.17, 15) is 18.3 Å². The molecule has 1 aliphatic rings. The Balaban J connectivity index is 2.41. The van der Waals surface area contributed by atoms with E-state index in [0.717, 1.165) is 6.07 Å². The zero-order valence-electron chi connectivity index (χ0n) is 10.7. The fourth-order valence-corrected chi connectivity index (χ4v) is 3.13. The summed E-state index contributed by atoms with van der Waals surface area (Å²) in [6, 6.07) is 2.82. The Labute approximate surface area is 117 Å². The van der Waals surface area contributed by atoms with Gasteiger partial charge in [-0.2, -0.15) is 13.2 Å². The van der Waals surface area contributed by atoms with Gasteiger partial charge in [-0.1, -0.05) is 0 Å². The van der Waals surface area contributed by atoms with E-state index in [2.05, 4.69) is 5.32 Å². The van der Waals surface area contributed by atoms with Crippen molar-refractivity contribution < 1.29 is 18.3 Å². The molecule has 0 saturated heterocycles. The third-order valence-electron chi connectivity index (χ3n) is 3.57. The van der Waals surface area contributed by atoms with Crippen LogP contribution in [-0.4, -0.2) is 22.5 Å². The minimum absolute atomic E-state index is 0.0889. The Kier molecular flexibility index (Phi) is 3.13. The van der Waals surface area contributed by atoms with Crippen molar-refractivity contribution in [3.63, 3.8) is 0 Å². The molecular weight excluding hydrogens is 289 g/mol. The highest BCUT2D eigenvalue weighted by molar-refractivity contribution is 7.98. The molecule has 0 spiro atoms. The molecule has 0 unspecified atom stereocenters. The number of fused-ring (bicyclic) bond motifs is 3. The van der Waals surface area contributed by atoms with Gasteiger partial charge in [-0.05, 0) is 18.4 Å². The van der Waals surface area contributed by atoms with Crippen molar-refractivity contribution in [3.05, 3.63) is 23.4 Å². The molecule has 3 rings (SSSR count).